The van der Waals surface area contributed by atoms with Gasteiger partial charge in [0.1, 0.15) is 0 Å². The Morgan fingerprint density at radius 3 is 2.36 bits per heavy atom. The lowest BCUT2D eigenvalue weighted by Crippen LogP contribution is -2.12. The fourth-order valence-electron chi connectivity index (χ4n) is 1.13. The van der Waals surface area contributed by atoms with Crippen molar-refractivity contribution in [2.24, 2.45) is 4.99 Å². The van der Waals surface area contributed by atoms with Crippen molar-refractivity contribution in [2.45, 2.75) is 40.0 Å². The van der Waals surface area contributed by atoms with Gasteiger partial charge in [-0.3, -0.25) is 0 Å². The molecule has 1 aromatic rings. The molecule has 0 fully saturated rings. The number of aliphatic imine (C=N–C) groups is 1. The Morgan fingerprint density at radius 1 is 1.21 bits per heavy atom. The van der Waals surface area contributed by atoms with Gasteiger partial charge in [-0.2, -0.15) is 0 Å². The molecule has 1 aromatic heterocycles. The van der Waals surface area contributed by atoms with Crippen molar-refractivity contribution in [2.75, 3.05) is 0 Å². The largest absolute Gasteiger partial charge is 0.239 e. The van der Waals surface area contributed by atoms with Gasteiger partial charge in [-0.05, 0) is 26.0 Å². The summed E-state index contributed by atoms with van der Waals surface area (Å²) in [5, 5.41) is 0. The van der Waals surface area contributed by atoms with Crippen molar-refractivity contribution in [3.8, 4) is 0 Å². The lowest BCUT2D eigenvalue weighted by Gasteiger charge is -2.17. The molecule has 2 nitrogen and oxygen atoms in total. The SMILES string of the molecule is CC(C)=Nc1cccc(C(C)(C)C)n1. The number of hydrogen-bond acceptors (Lipinski definition) is 2. The van der Waals surface area contributed by atoms with Gasteiger partial charge in [0, 0.05) is 16.8 Å². The summed E-state index contributed by atoms with van der Waals surface area (Å²) in [5.41, 5.74) is 2.20. The summed E-state index contributed by atoms with van der Waals surface area (Å²) in [6.07, 6.45) is 0. The second kappa shape index (κ2) is 3.91. The van der Waals surface area contributed by atoms with Gasteiger partial charge in [-0.15, -0.1) is 0 Å². The van der Waals surface area contributed by atoms with Crippen molar-refractivity contribution in [1.29, 1.82) is 0 Å². The van der Waals surface area contributed by atoms with Crippen LogP contribution in [0.2, 0.25) is 0 Å². The molecule has 0 unspecified atom stereocenters. The molecule has 1 heterocycles. The van der Waals surface area contributed by atoms with Crippen LogP contribution in [0, 0.1) is 0 Å². The fourth-order valence-corrected chi connectivity index (χ4v) is 1.13. The standard InChI is InChI=1S/C12H18N2/c1-9(2)13-11-8-6-7-10(14-11)12(3,4)5/h6-8H,1-5H3. The lowest BCUT2D eigenvalue weighted by molar-refractivity contribution is 0.569. The summed E-state index contributed by atoms with van der Waals surface area (Å²) in [6, 6.07) is 5.99. The fraction of sp³-hybridized carbons (Fsp3) is 0.500. The summed E-state index contributed by atoms with van der Waals surface area (Å²) in [4.78, 5) is 8.84. The van der Waals surface area contributed by atoms with Gasteiger partial charge in [0.05, 0.1) is 0 Å². The Hall–Kier alpha value is -1.18. The highest BCUT2D eigenvalue weighted by Gasteiger charge is 2.14. The van der Waals surface area contributed by atoms with Gasteiger partial charge in [-0.25, -0.2) is 9.98 Å². The van der Waals surface area contributed by atoms with Crippen molar-refractivity contribution < 1.29 is 0 Å². The van der Waals surface area contributed by atoms with E-state index in [-0.39, 0.29) is 5.41 Å². The molecule has 0 radical (unpaired) electrons. The third-order valence-corrected chi connectivity index (χ3v) is 1.84. The number of hydrogen-bond donors (Lipinski definition) is 0. The summed E-state index contributed by atoms with van der Waals surface area (Å²) in [7, 11) is 0. The minimum atomic E-state index is 0.0905. The second-order valence-electron chi connectivity index (χ2n) is 4.69. The molecule has 0 aliphatic heterocycles. The van der Waals surface area contributed by atoms with E-state index in [9.17, 15) is 0 Å². The van der Waals surface area contributed by atoms with Crippen LogP contribution in [0.3, 0.4) is 0 Å². The molecule has 0 spiro atoms. The average Bonchev–Trinajstić information content (AvgIpc) is 2.01. The van der Waals surface area contributed by atoms with E-state index in [4.69, 9.17) is 0 Å². The molecular formula is C12H18N2. The molecule has 0 atom stereocenters. The Kier molecular flexibility index (Phi) is 3.04. The van der Waals surface area contributed by atoms with Crippen LogP contribution in [0.5, 0.6) is 0 Å². The predicted molar refractivity (Wildman–Crippen MR) is 61.4 cm³/mol. The summed E-state index contributed by atoms with van der Waals surface area (Å²) in [5.74, 6) is 0.803. The van der Waals surface area contributed by atoms with E-state index < -0.39 is 0 Å². The lowest BCUT2D eigenvalue weighted by atomic mass is 9.92. The number of pyridine rings is 1. The van der Waals surface area contributed by atoms with Gasteiger partial charge in [0.2, 0.25) is 0 Å². The van der Waals surface area contributed by atoms with E-state index >= 15 is 0 Å². The van der Waals surface area contributed by atoms with Crippen LogP contribution in [0.4, 0.5) is 5.82 Å². The normalized spacial score (nSPS) is 11.2. The van der Waals surface area contributed by atoms with E-state index in [1.54, 1.807) is 0 Å². The zero-order valence-corrected chi connectivity index (χ0v) is 9.63. The Balaban J connectivity index is 3.08. The molecule has 76 valence electrons. The predicted octanol–water partition coefficient (Wildman–Crippen LogP) is 3.49. The zero-order chi connectivity index (χ0) is 10.8. The number of rotatable bonds is 1. The van der Waals surface area contributed by atoms with E-state index in [1.807, 2.05) is 32.0 Å². The van der Waals surface area contributed by atoms with Crippen molar-refractivity contribution >= 4 is 11.5 Å². The molecule has 0 aliphatic rings. The highest BCUT2D eigenvalue weighted by Crippen LogP contribution is 2.22. The van der Waals surface area contributed by atoms with Crippen LogP contribution < -0.4 is 0 Å². The number of nitrogens with zero attached hydrogens (tertiary/aromatic N) is 2. The van der Waals surface area contributed by atoms with Crippen LogP contribution >= 0.6 is 0 Å². The Labute approximate surface area is 86.1 Å². The minimum Gasteiger partial charge on any atom is -0.239 e. The molecule has 2 heteroatoms. The minimum absolute atomic E-state index is 0.0905. The average molecular weight is 190 g/mol. The first-order chi connectivity index (χ1) is 6.39. The first kappa shape index (κ1) is 10.9. The number of aromatic nitrogens is 1. The molecule has 0 aromatic carbocycles. The summed E-state index contributed by atoms with van der Waals surface area (Å²) in [6.45, 7) is 10.4. The first-order valence-corrected chi connectivity index (χ1v) is 4.89. The van der Waals surface area contributed by atoms with E-state index in [0.29, 0.717) is 0 Å². The van der Waals surface area contributed by atoms with Crippen LogP contribution in [-0.2, 0) is 5.41 Å². The van der Waals surface area contributed by atoms with Gasteiger partial charge in [0.25, 0.3) is 0 Å². The quantitative estimate of drug-likeness (QED) is 0.622. The zero-order valence-electron chi connectivity index (χ0n) is 9.63. The topological polar surface area (TPSA) is 25.2 Å². The maximum absolute atomic E-state index is 4.50. The molecule has 0 saturated heterocycles. The van der Waals surface area contributed by atoms with Crippen molar-refractivity contribution in [1.82, 2.24) is 4.98 Å². The molecule has 0 N–H and O–H groups in total. The van der Waals surface area contributed by atoms with Crippen LogP contribution in [0.15, 0.2) is 23.2 Å². The van der Waals surface area contributed by atoms with Gasteiger partial charge in [0.15, 0.2) is 5.82 Å². The maximum Gasteiger partial charge on any atom is 0.151 e. The van der Waals surface area contributed by atoms with Crippen LogP contribution in [0.25, 0.3) is 0 Å². The maximum atomic E-state index is 4.50. The van der Waals surface area contributed by atoms with Gasteiger partial charge in [-0.1, -0.05) is 26.8 Å². The smallest absolute Gasteiger partial charge is 0.151 e. The van der Waals surface area contributed by atoms with Crippen LogP contribution in [0.1, 0.15) is 40.3 Å². The van der Waals surface area contributed by atoms with E-state index in [0.717, 1.165) is 17.2 Å². The highest BCUT2D eigenvalue weighted by atomic mass is 14.9. The van der Waals surface area contributed by atoms with Gasteiger partial charge < -0.3 is 0 Å². The highest BCUT2D eigenvalue weighted by molar-refractivity contribution is 5.81. The molecule has 0 amide bonds. The van der Waals surface area contributed by atoms with Crippen LogP contribution in [-0.4, -0.2) is 10.7 Å². The van der Waals surface area contributed by atoms with E-state index in [2.05, 4.69) is 30.7 Å². The Morgan fingerprint density at radius 2 is 1.86 bits per heavy atom. The molecule has 0 bridgehead atoms. The third kappa shape index (κ3) is 2.95. The van der Waals surface area contributed by atoms with Gasteiger partial charge >= 0.3 is 0 Å². The molecule has 14 heavy (non-hydrogen) atoms. The molecule has 1 rings (SSSR count). The van der Waals surface area contributed by atoms with E-state index in [1.165, 1.54) is 0 Å². The third-order valence-electron chi connectivity index (χ3n) is 1.84. The second-order valence-corrected chi connectivity index (χ2v) is 4.69. The summed E-state index contributed by atoms with van der Waals surface area (Å²) < 4.78 is 0. The molecular weight excluding hydrogens is 172 g/mol. The summed E-state index contributed by atoms with van der Waals surface area (Å²) >= 11 is 0. The molecule has 0 saturated carbocycles. The van der Waals surface area contributed by atoms with Crippen molar-refractivity contribution in [3.05, 3.63) is 23.9 Å². The Bertz CT molecular complexity index is 342. The monoisotopic (exact) mass is 190 g/mol. The molecule has 0 aliphatic carbocycles. The first-order valence-electron chi connectivity index (χ1n) is 4.89. The van der Waals surface area contributed by atoms with Crippen molar-refractivity contribution in [3.63, 3.8) is 0 Å².